The third kappa shape index (κ3) is 5.07. The van der Waals surface area contributed by atoms with Gasteiger partial charge in [-0.3, -0.25) is 4.79 Å². The zero-order chi connectivity index (χ0) is 20.9. The van der Waals surface area contributed by atoms with Crippen LogP contribution >= 0.6 is 11.8 Å². The molecular formula is C18H16F3N3O3S. The molecule has 6 nitrogen and oxygen atoms in total. The Morgan fingerprint density at radius 2 is 2.00 bits per heavy atom. The molecule has 2 rings (SSSR count). The molecule has 1 amide bonds. The van der Waals surface area contributed by atoms with Gasteiger partial charge in [0.1, 0.15) is 22.6 Å². The lowest BCUT2D eigenvalue weighted by Crippen LogP contribution is -2.16. The first kappa shape index (κ1) is 21.4. The Bertz CT molecular complexity index is 927. The number of carbonyl (C=O) groups excluding carboxylic acids is 1. The molecule has 0 radical (unpaired) electrons. The minimum absolute atomic E-state index is 0.103. The molecule has 0 atom stereocenters. The SMILES string of the molecule is COc1ccc(NC(=O)CSc2nc(C)cc(C(F)(F)F)c2C#N)c(OC)c1. The average Bonchev–Trinajstić information content (AvgIpc) is 2.65. The van der Waals surface area contributed by atoms with E-state index in [0.29, 0.717) is 17.2 Å². The first-order valence-electron chi connectivity index (χ1n) is 7.83. The molecular weight excluding hydrogens is 395 g/mol. The number of anilines is 1. The fourth-order valence-corrected chi connectivity index (χ4v) is 3.15. The van der Waals surface area contributed by atoms with Crippen LogP contribution in [0.3, 0.4) is 0 Å². The number of pyridine rings is 1. The van der Waals surface area contributed by atoms with Gasteiger partial charge in [0.05, 0.1) is 36.8 Å². The molecule has 1 aromatic heterocycles. The van der Waals surface area contributed by atoms with Crippen molar-refractivity contribution in [2.24, 2.45) is 0 Å². The molecule has 0 aliphatic rings. The van der Waals surface area contributed by atoms with E-state index in [1.165, 1.54) is 27.2 Å². The lowest BCUT2D eigenvalue weighted by Gasteiger charge is -2.13. The Morgan fingerprint density at radius 1 is 1.29 bits per heavy atom. The molecule has 0 aliphatic carbocycles. The second-order valence-electron chi connectivity index (χ2n) is 5.50. The number of rotatable bonds is 6. The van der Waals surface area contributed by atoms with Crippen LogP contribution in [0.2, 0.25) is 0 Å². The van der Waals surface area contributed by atoms with E-state index >= 15 is 0 Å². The Kier molecular flexibility index (Phi) is 6.75. The van der Waals surface area contributed by atoms with Crippen LogP contribution in [-0.4, -0.2) is 30.9 Å². The van der Waals surface area contributed by atoms with E-state index in [4.69, 9.17) is 14.7 Å². The van der Waals surface area contributed by atoms with Crippen molar-refractivity contribution >= 4 is 23.4 Å². The fraction of sp³-hybridized carbons (Fsp3) is 0.278. The Labute approximate surface area is 163 Å². The van der Waals surface area contributed by atoms with Crippen molar-refractivity contribution in [3.63, 3.8) is 0 Å². The minimum atomic E-state index is -4.69. The molecule has 0 saturated carbocycles. The standard InChI is InChI=1S/C18H16F3N3O3S/c1-10-6-13(18(19,20)21)12(8-22)17(23-10)28-9-16(25)24-14-5-4-11(26-2)7-15(14)27-3/h4-7H,9H2,1-3H3,(H,24,25). The van der Waals surface area contributed by atoms with Crippen molar-refractivity contribution < 1.29 is 27.4 Å². The van der Waals surface area contributed by atoms with Gasteiger partial charge in [0.2, 0.25) is 5.91 Å². The van der Waals surface area contributed by atoms with Crippen LogP contribution in [0.5, 0.6) is 11.5 Å². The highest BCUT2D eigenvalue weighted by atomic mass is 32.2. The number of thioether (sulfide) groups is 1. The molecule has 0 unspecified atom stereocenters. The van der Waals surface area contributed by atoms with Gasteiger partial charge in [-0.15, -0.1) is 0 Å². The maximum absolute atomic E-state index is 13.1. The number of alkyl halides is 3. The smallest absolute Gasteiger partial charge is 0.417 e. The maximum atomic E-state index is 13.1. The number of aryl methyl sites for hydroxylation is 1. The molecule has 28 heavy (non-hydrogen) atoms. The summed E-state index contributed by atoms with van der Waals surface area (Å²) >= 11 is 0.753. The summed E-state index contributed by atoms with van der Waals surface area (Å²) in [6.45, 7) is 1.39. The van der Waals surface area contributed by atoms with Gasteiger partial charge in [0, 0.05) is 11.8 Å². The van der Waals surface area contributed by atoms with Gasteiger partial charge in [-0.05, 0) is 25.1 Å². The lowest BCUT2D eigenvalue weighted by molar-refractivity contribution is -0.138. The topological polar surface area (TPSA) is 84.2 Å². The molecule has 0 bridgehead atoms. The van der Waals surface area contributed by atoms with E-state index in [9.17, 15) is 18.0 Å². The number of methoxy groups -OCH3 is 2. The average molecular weight is 411 g/mol. The highest BCUT2D eigenvalue weighted by Crippen LogP contribution is 2.36. The summed E-state index contributed by atoms with van der Waals surface area (Å²) in [6, 6.07) is 7.12. The Morgan fingerprint density at radius 3 is 2.57 bits per heavy atom. The van der Waals surface area contributed by atoms with Gasteiger partial charge in [0.25, 0.3) is 0 Å². The first-order chi connectivity index (χ1) is 13.2. The second kappa shape index (κ2) is 8.84. The number of nitrogens with one attached hydrogen (secondary N) is 1. The fourth-order valence-electron chi connectivity index (χ4n) is 2.30. The van der Waals surface area contributed by atoms with E-state index in [1.807, 2.05) is 0 Å². The second-order valence-corrected chi connectivity index (χ2v) is 6.47. The molecule has 1 heterocycles. The summed E-state index contributed by atoms with van der Waals surface area (Å²) < 4.78 is 49.7. The van der Waals surface area contributed by atoms with Crippen LogP contribution in [0, 0.1) is 18.3 Å². The summed E-state index contributed by atoms with van der Waals surface area (Å²) in [4.78, 5) is 16.2. The monoisotopic (exact) mass is 411 g/mol. The molecule has 2 aromatic rings. The summed E-state index contributed by atoms with van der Waals surface area (Å²) in [6.07, 6.45) is -4.69. The minimum Gasteiger partial charge on any atom is -0.497 e. The highest BCUT2D eigenvalue weighted by molar-refractivity contribution is 8.00. The molecule has 1 N–H and O–H groups in total. The number of benzene rings is 1. The Balaban J connectivity index is 2.18. The number of nitrogens with zero attached hydrogens (tertiary/aromatic N) is 2. The van der Waals surface area contributed by atoms with Crippen molar-refractivity contribution in [2.75, 3.05) is 25.3 Å². The molecule has 0 saturated heterocycles. The Hall–Kier alpha value is -2.93. The number of hydrogen-bond acceptors (Lipinski definition) is 6. The van der Waals surface area contributed by atoms with Crippen molar-refractivity contribution in [3.8, 4) is 17.6 Å². The summed E-state index contributed by atoms with van der Waals surface area (Å²) in [5, 5.41) is 11.6. The molecule has 0 aliphatic heterocycles. The van der Waals surface area contributed by atoms with Crippen LogP contribution in [-0.2, 0) is 11.0 Å². The third-order valence-electron chi connectivity index (χ3n) is 3.55. The quantitative estimate of drug-likeness (QED) is 0.723. The number of carbonyl (C=O) groups is 1. The van der Waals surface area contributed by atoms with Crippen LogP contribution in [0.25, 0.3) is 0 Å². The number of aromatic nitrogens is 1. The van der Waals surface area contributed by atoms with E-state index in [2.05, 4.69) is 10.3 Å². The van der Waals surface area contributed by atoms with Gasteiger partial charge in [-0.1, -0.05) is 11.8 Å². The highest BCUT2D eigenvalue weighted by Gasteiger charge is 2.35. The molecule has 10 heteroatoms. The largest absolute Gasteiger partial charge is 0.497 e. The zero-order valence-electron chi connectivity index (χ0n) is 15.2. The zero-order valence-corrected chi connectivity index (χ0v) is 16.0. The molecule has 148 valence electrons. The van der Waals surface area contributed by atoms with Crippen LogP contribution in [0.4, 0.5) is 18.9 Å². The van der Waals surface area contributed by atoms with Crippen LogP contribution in [0.1, 0.15) is 16.8 Å². The van der Waals surface area contributed by atoms with Crippen LogP contribution < -0.4 is 14.8 Å². The molecule has 0 spiro atoms. The van der Waals surface area contributed by atoms with Crippen molar-refractivity contribution in [1.82, 2.24) is 4.98 Å². The third-order valence-corrected chi connectivity index (χ3v) is 4.53. The maximum Gasteiger partial charge on any atom is 0.417 e. The van der Waals surface area contributed by atoms with E-state index in [-0.39, 0.29) is 16.5 Å². The number of hydrogen-bond donors (Lipinski definition) is 1. The van der Waals surface area contributed by atoms with Gasteiger partial charge >= 0.3 is 6.18 Å². The van der Waals surface area contributed by atoms with Gasteiger partial charge < -0.3 is 14.8 Å². The lowest BCUT2D eigenvalue weighted by atomic mass is 10.1. The van der Waals surface area contributed by atoms with Crippen molar-refractivity contribution in [1.29, 1.82) is 5.26 Å². The van der Waals surface area contributed by atoms with E-state index in [0.717, 1.165) is 17.8 Å². The molecule has 1 aromatic carbocycles. The van der Waals surface area contributed by atoms with Crippen LogP contribution in [0.15, 0.2) is 29.3 Å². The van der Waals surface area contributed by atoms with Gasteiger partial charge in [0.15, 0.2) is 0 Å². The number of amides is 1. The van der Waals surface area contributed by atoms with Gasteiger partial charge in [-0.25, -0.2) is 4.98 Å². The summed E-state index contributed by atoms with van der Waals surface area (Å²) in [5.74, 6) is 0.168. The number of nitriles is 1. The first-order valence-corrected chi connectivity index (χ1v) is 8.81. The number of halogens is 3. The molecule has 0 fully saturated rings. The summed E-state index contributed by atoms with van der Waals surface area (Å²) in [5.41, 5.74) is -1.19. The predicted octanol–water partition coefficient (Wildman–Crippen LogP) is 4.03. The van der Waals surface area contributed by atoms with Gasteiger partial charge in [-0.2, -0.15) is 18.4 Å². The van der Waals surface area contributed by atoms with Crippen molar-refractivity contribution in [2.45, 2.75) is 18.1 Å². The van der Waals surface area contributed by atoms with Crippen molar-refractivity contribution in [3.05, 3.63) is 41.1 Å². The normalized spacial score (nSPS) is 10.9. The van der Waals surface area contributed by atoms with E-state index in [1.54, 1.807) is 18.2 Å². The predicted molar refractivity (Wildman–Crippen MR) is 97.6 cm³/mol. The number of ether oxygens (including phenoxy) is 2. The van der Waals surface area contributed by atoms with E-state index < -0.39 is 23.2 Å². The summed E-state index contributed by atoms with van der Waals surface area (Å²) in [7, 11) is 2.91.